The van der Waals surface area contributed by atoms with Gasteiger partial charge in [0.25, 0.3) is 5.91 Å². The minimum Gasteiger partial charge on any atom is -0.484 e. The van der Waals surface area contributed by atoms with E-state index in [4.69, 9.17) is 9.72 Å². The van der Waals surface area contributed by atoms with Crippen molar-refractivity contribution in [2.45, 2.75) is 31.8 Å². The maximum Gasteiger partial charge on any atom is 0.319 e. The first-order chi connectivity index (χ1) is 15.7. The van der Waals surface area contributed by atoms with Gasteiger partial charge in [0.15, 0.2) is 12.4 Å². The van der Waals surface area contributed by atoms with E-state index in [-0.39, 0.29) is 24.6 Å². The van der Waals surface area contributed by atoms with Gasteiger partial charge in [-0.3, -0.25) is 9.89 Å². The fraction of sp³-hybridized carbons (Fsp3) is 0.304. The minimum absolute atomic E-state index is 0.0138. The number of anilines is 1. The molecule has 32 heavy (non-hydrogen) atoms. The summed E-state index contributed by atoms with van der Waals surface area (Å²) < 4.78 is 5.66. The monoisotopic (exact) mass is 432 g/mol. The summed E-state index contributed by atoms with van der Waals surface area (Å²) in [6.07, 6.45) is 2.78. The molecule has 1 saturated heterocycles. The van der Waals surface area contributed by atoms with E-state index in [2.05, 4.69) is 20.8 Å². The van der Waals surface area contributed by atoms with Crippen LogP contribution in [0.4, 0.5) is 10.5 Å². The molecule has 3 N–H and O–H groups in total. The van der Waals surface area contributed by atoms with Crippen LogP contribution in [-0.4, -0.2) is 45.2 Å². The summed E-state index contributed by atoms with van der Waals surface area (Å²) in [6, 6.07) is 14.7. The number of rotatable bonds is 5. The number of aromatic amines is 1. The first-order valence-corrected chi connectivity index (χ1v) is 10.7. The molecule has 2 aliphatic rings. The van der Waals surface area contributed by atoms with Crippen LogP contribution in [0.2, 0.25) is 0 Å². The molecule has 2 aromatic carbocycles. The van der Waals surface area contributed by atoms with Crippen molar-refractivity contribution in [3.63, 3.8) is 0 Å². The smallest absolute Gasteiger partial charge is 0.319 e. The summed E-state index contributed by atoms with van der Waals surface area (Å²) in [7, 11) is 0. The standard InChI is InChI=1S/C23H24N6O3/c30-20(14-32-17-6-2-1-3-7-17)29-11-5-4-8-19(29)22-26-21(27-28-22)15-9-10-16-13-24-23(31)25-18(16)12-15/h1-3,6-7,9-10,12,19H,4-5,8,11,13-14H2,(H2,24,25,31)(H,26,27,28)/t19-/m1/s1. The average molecular weight is 432 g/mol. The van der Waals surface area contributed by atoms with E-state index in [0.717, 1.165) is 36.1 Å². The fourth-order valence-electron chi connectivity index (χ4n) is 4.14. The Hall–Kier alpha value is -3.88. The third-order valence-corrected chi connectivity index (χ3v) is 5.80. The molecule has 3 amide bonds. The Morgan fingerprint density at radius 3 is 2.91 bits per heavy atom. The van der Waals surface area contributed by atoms with Gasteiger partial charge < -0.3 is 20.3 Å². The molecular formula is C23H24N6O3. The van der Waals surface area contributed by atoms with Gasteiger partial charge in [0.2, 0.25) is 0 Å². The number of ether oxygens (including phenoxy) is 1. The van der Waals surface area contributed by atoms with Crippen molar-refractivity contribution in [2.75, 3.05) is 18.5 Å². The third-order valence-electron chi connectivity index (χ3n) is 5.80. The number of H-pyrrole nitrogens is 1. The molecule has 1 aromatic heterocycles. The summed E-state index contributed by atoms with van der Waals surface area (Å²) in [4.78, 5) is 31.1. The number of likely N-dealkylation sites (tertiary alicyclic amines) is 1. The predicted molar refractivity (Wildman–Crippen MR) is 118 cm³/mol. The zero-order valence-electron chi connectivity index (χ0n) is 17.5. The second-order valence-electron chi connectivity index (χ2n) is 7.92. The van der Waals surface area contributed by atoms with Gasteiger partial charge in [0, 0.05) is 24.3 Å². The molecule has 0 bridgehead atoms. The Morgan fingerprint density at radius 2 is 2.03 bits per heavy atom. The molecule has 0 spiro atoms. The molecule has 1 atom stereocenters. The van der Waals surface area contributed by atoms with Crippen LogP contribution < -0.4 is 15.4 Å². The number of urea groups is 1. The van der Waals surface area contributed by atoms with E-state index in [9.17, 15) is 9.59 Å². The molecule has 0 aliphatic carbocycles. The fourth-order valence-corrected chi connectivity index (χ4v) is 4.14. The number of fused-ring (bicyclic) bond motifs is 1. The summed E-state index contributed by atoms with van der Waals surface area (Å²) in [6.45, 7) is 1.14. The maximum absolute atomic E-state index is 12.9. The number of para-hydroxylation sites is 1. The highest BCUT2D eigenvalue weighted by Crippen LogP contribution is 2.31. The number of carbonyl (C=O) groups is 2. The van der Waals surface area contributed by atoms with E-state index in [1.165, 1.54) is 0 Å². The summed E-state index contributed by atoms with van der Waals surface area (Å²) >= 11 is 0. The lowest BCUT2D eigenvalue weighted by molar-refractivity contribution is -0.137. The van der Waals surface area contributed by atoms with Crippen LogP contribution in [-0.2, 0) is 11.3 Å². The lowest BCUT2D eigenvalue weighted by Crippen LogP contribution is -2.41. The van der Waals surface area contributed by atoms with E-state index in [1.807, 2.05) is 53.4 Å². The SMILES string of the molecule is O=C1NCc2ccc(-c3n[nH]c([C@H]4CCCCN4C(=O)COc4ccccc4)n3)cc2N1. The van der Waals surface area contributed by atoms with Crippen LogP contribution in [0.3, 0.4) is 0 Å². The van der Waals surface area contributed by atoms with E-state index >= 15 is 0 Å². The normalized spacial score (nSPS) is 17.8. The molecule has 5 rings (SSSR count). The average Bonchev–Trinajstić information content (AvgIpc) is 3.33. The van der Waals surface area contributed by atoms with Gasteiger partial charge in [-0.2, -0.15) is 5.10 Å². The molecule has 3 heterocycles. The number of carbonyl (C=O) groups excluding carboxylic acids is 2. The lowest BCUT2D eigenvalue weighted by atomic mass is 10.0. The zero-order chi connectivity index (χ0) is 21.9. The largest absolute Gasteiger partial charge is 0.484 e. The number of amides is 3. The highest BCUT2D eigenvalue weighted by atomic mass is 16.5. The Kier molecular flexibility index (Phi) is 5.45. The minimum atomic E-state index is -0.223. The number of benzene rings is 2. The Balaban J connectivity index is 1.32. The first kappa shape index (κ1) is 20.0. The molecule has 3 aromatic rings. The quantitative estimate of drug-likeness (QED) is 0.573. The molecule has 1 fully saturated rings. The van der Waals surface area contributed by atoms with Crippen molar-refractivity contribution in [2.24, 2.45) is 0 Å². The summed E-state index contributed by atoms with van der Waals surface area (Å²) in [5.74, 6) is 1.80. The van der Waals surface area contributed by atoms with E-state index in [0.29, 0.717) is 30.5 Å². The highest BCUT2D eigenvalue weighted by Gasteiger charge is 2.31. The molecule has 0 radical (unpaired) electrons. The van der Waals surface area contributed by atoms with Crippen LogP contribution in [0, 0.1) is 0 Å². The van der Waals surface area contributed by atoms with Crippen molar-refractivity contribution < 1.29 is 14.3 Å². The molecule has 164 valence electrons. The third kappa shape index (κ3) is 4.14. The summed E-state index contributed by atoms with van der Waals surface area (Å²) in [5, 5.41) is 13.0. The van der Waals surface area contributed by atoms with Gasteiger partial charge in [-0.15, -0.1) is 0 Å². The molecule has 0 unspecified atom stereocenters. The van der Waals surface area contributed by atoms with Crippen LogP contribution in [0.25, 0.3) is 11.4 Å². The van der Waals surface area contributed by atoms with Crippen molar-refractivity contribution in [1.82, 2.24) is 25.4 Å². The number of nitrogens with one attached hydrogen (secondary N) is 3. The van der Waals surface area contributed by atoms with E-state index in [1.54, 1.807) is 0 Å². The topological polar surface area (TPSA) is 112 Å². The molecule has 9 nitrogen and oxygen atoms in total. The predicted octanol–water partition coefficient (Wildman–Crippen LogP) is 3.24. The Bertz CT molecular complexity index is 1130. The molecular weight excluding hydrogens is 408 g/mol. The van der Waals surface area contributed by atoms with Gasteiger partial charge in [0.1, 0.15) is 11.6 Å². The number of hydrogen-bond acceptors (Lipinski definition) is 5. The van der Waals surface area contributed by atoms with Gasteiger partial charge in [-0.05, 0) is 43.0 Å². The second kappa shape index (κ2) is 8.70. The Morgan fingerprint density at radius 1 is 1.16 bits per heavy atom. The van der Waals surface area contributed by atoms with Crippen LogP contribution in [0.15, 0.2) is 48.5 Å². The number of hydrogen-bond donors (Lipinski definition) is 3. The Labute approximate surface area is 185 Å². The first-order valence-electron chi connectivity index (χ1n) is 10.7. The summed E-state index contributed by atoms with van der Waals surface area (Å²) in [5.41, 5.74) is 2.56. The number of nitrogens with zero attached hydrogens (tertiary/aromatic N) is 3. The zero-order valence-corrected chi connectivity index (χ0v) is 17.5. The highest BCUT2D eigenvalue weighted by molar-refractivity contribution is 5.93. The van der Waals surface area contributed by atoms with Gasteiger partial charge in [0.05, 0.1) is 6.04 Å². The lowest BCUT2D eigenvalue weighted by Gasteiger charge is -2.34. The van der Waals surface area contributed by atoms with Crippen molar-refractivity contribution >= 4 is 17.6 Å². The van der Waals surface area contributed by atoms with Crippen molar-refractivity contribution in [3.05, 3.63) is 59.9 Å². The maximum atomic E-state index is 12.9. The second-order valence-corrected chi connectivity index (χ2v) is 7.92. The van der Waals surface area contributed by atoms with Crippen LogP contribution >= 0.6 is 0 Å². The van der Waals surface area contributed by atoms with Crippen LogP contribution in [0.5, 0.6) is 5.75 Å². The van der Waals surface area contributed by atoms with E-state index < -0.39 is 0 Å². The number of piperidine rings is 1. The van der Waals surface area contributed by atoms with Crippen molar-refractivity contribution in [1.29, 1.82) is 0 Å². The molecule has 0 saturated carbocycles. The molecule has 9 heteroatoms. The van der Waals surface area contributed by atoms with Crippen molar-refractivity contribution in [3.8, 4) is 17.1 Å². The van der Waals surface area contributed by atoms with Gasteiger partial charge in [-0.25, -0.2) is 9.78 Å². The number of aromatic nitrogens is 3. The van der Waals surface area contributed by atoms with Crippen LogP contribution in [0.1, 0.15) is 36.7 Å². The molecule has 2 aliphatic heterocycles. The van der Waals surface area contributed by atoms with Gasteiger partial charge >= 0.3 is 6.03 Å². The van der Waals surface area contributed by atoms with Gasteiger partial charge in [-0.1, -0.05) is 30.3 Å².